The number of rotatable bonds is 3. The van der Waals surface area contributed by atoms with Crippen molar-refractivity contribution in [2.45, 2.75) is 31.0 Å². The molecule has 0 aliphatic carbocycles. The van der Waals surface area contributed by atoms with Gasteiger partial charge in [-0.05, 0) is 43.0 Å². The van der Waals surface area contributed by atoms with Crippen LogP contribution in [0, 0.1) is 5.92 Å². The summed E-state index contributed by atoms with van der Waals surface area (Å²) in [4.78, 5) is -0.0221. The molecule has 0 saturated carbocycles. The fourth-order valence-electron chi connectivity index (χ4n) is 2.33. The SMILES string of the molecule is C[C@H]1CCCN(S(=O)(=O)c2ccc(OC(F)(F)F)cc2)C1. The van der Waals surface area contributed by atoms with E-state index in [1.807, 2.05) is 6.92 Å². The summed E-state index contributed by atoms with van der Waals surface area (Å²) in [5, 5.41) is 0. The summed E-state index contributed by atoms with van der Waals surface area (Å²) in [6.45, 7) is 2.85. The van der Waals surface area contributed by atoms with Gasteiger partial charge in [0.1, 0.15) is 5.75 Å². The topological polar surface area (TPSA) is 46.6 Å². The fourth-order valence-corrected chi connectivity index (χ4v) is 3.93. The number of benzene rings is 1. The largest absolute Gasteiger partial charge is 0.573 e. The Labute approximate surface area is 121 Å². The van der Waals surface area contributed by atoms with Crippen LogP contribution in [0.2, 0.25) is 0 Å². The van der Waals surface area contributed by atoms with Crippen LogP contribution in [0.25, 0.3) is 0 Å². The minimum atomic E-state index is -4.79. The van der Waals surface area contributed by atoms with Crippen LogP contribution < -0.4 is 4.74 Å². The Hall–Kier alpha value is -1.28. The third-order valence-corrected chi connectivity index (χ3v) is 5.19. The summed E-state index contributed by atoms with van der Waals surface area (Å²) in [5.41, 5.74) is 0. The Kier molecular flexibility index (Phi) is 4.48. The van der Waals surface area contributed by atoms with Gasteiger partial charge in [-0.25, -0.2) is 8.42 Å². The van der Waals surface area contributed by atoms with Gasteiger partial charge in [0.25, 0.3) is 0 Å². The molecular weight excluding hydrogens is 307 g/mol. The molecule has 0 aromatic heterocycles. The highest BCUT2D eigenvalue weighted by Gasteiger charge is 2.32. The molecule has 1 heterocycles. The first kappa shape index (κ1) is 16.1. The first-order valence-electron chi connectivity index (χ1n) is 6.54. The number of piperidine rings is 1. The van der Waals surface area contributed by atoms with Crippen molar-refractivity contribution in [1.29, 1.82) is 0 Å². The van der Waals surface area contributed by atoms with Gasteiger partial charge in [-0.3, -0.25) is 0 Å². The molecule has 0 N–H and O–H groups in total. The quantitative estimate of drug-likeness (QED) is 0.859. The van der Waals surface area contributed by atoms with Crippen LogP contribution in [-0.4, -0.2) is 32.2 Å². The van der Waals surface area contributed by atoms with E-state index >= 15 is 0 Å². The van der Waals surface area contributed by atoms with Gasteiger partial charge in [-0.15, -0.1) is 13.2 Å². The van der Waals surface area contributed by atoms with Gasteiger partial charge in [-0.1, -0.05) is 6.92 Å². The molecule has 0 unspecified atom stereocenters. The van der Waals surface area contributed by atoms with Crippen molar-refractivity contribution >= 4 is 10.0 Å². The minimum Gasteiger partial charge on any atom is -0.406 e. The van der Waals surface area contributed by atoms with E-state index < -0.39 is 22.1 Å². The molecule has 1 aromatic rings. The standard InChI is InChI=1S/C13H16F3NO3S/c1-10-3-2-8-17(9-10)21(18,19)12-6-4-11(5-7-12)20-13(14,15)16/h4-7,10H,2-3,8-9H2,1H3/t10-/m0/s1. The van der Waals surface area contributed by atoms with Crippen LogP contribution in [0.15, 0.2) is 29.2 Å². The Morgan fingerprint density at radius 3 is 2.38 bits per heavy atom. The van der Waals surface area contributed by atoms with Gasteiger partial charge in [0.15, 0.2) is 0 Å². The van der Waals surface area contributed by atoms with Crippen molar-refractivity contribution in [3.8, 4) is 5.75 Å². The second-order valence-electron chi connectivity index (χ2n) is 5.13. The van der Waals surface area contributed by atoms with Gasteiger partial charge in [0, 0.05) is 13.1 Å². The summed E-state index contributed by atoms with van der Waals surface area (Å²) in [5.74, 6) is -0.158. The lowest BCUT2D eigenvalue weighted by atomic mass is 10.0. The van der Waals surface area contributed by atoms with Gasteiger partial charge in [0.05, 0.1) is 4.90 Å². The molecule has 1 aromatic carbocycles. The Morgan fingerprint density at radius 1 is 1.24 bits per heavy atom. The third-order valence-electron chi connectivity index (χ3n) is 3.31. The van der Waals surface area contributed by atoms with E-state index in [-0.39, 0.29) is 10.8 Å². The summed E-state index contributed by atoms with van der Waals surface area (Å²) < 4.78 is 66.1. The Bertz CT molecular complexity index is 584. The summed E-state index contributed by atoms with van der Waals surface area (Å²) in [6.07, 6.45) is -3.03. The number of ether oxygens (including phenoxy) is 1. The molecule has 1 aliphatic heterocycles. The van der Waals surface area contributed by atoms with Crippen molar-refractivity contribution in [3.63, 3.8) is 0 Å². The van der Waals surface area contributed by atoms with E-state index in [0.717, 1.165) is 37.1 Å². The summed E-state index contributed by atoms with van der Waals surface area (Å²) in [7, 11) is -3.66. The smallest absolute Gasteiger partial charge is 0.406 e. The number of sulfonamides is 1. The maximum Gasteiger partial charge on any atom is 0.573 e. The van der Waals surface area contributed by atoms with E-state index in [9.17, 15) is 21.6 Å². The molecule has 0 amide bonds. The molecule has 0 bridgehead atoms. The second-order valence-corrected chi connectivity index (χ2v) is 7.07. The number of alkyl halides is 3. The molecule has 0 spiro atoms. The van der Waals surface area contributed by atoms with Gasteiger partial charge < -0.3 is 4.74 Å². The maximum atomic E-state index is 12.4. The number of hydrogen-bond acceptors (Lipinski definition) is 3. The van der Waals surface area contributed by atoms with Crippen LogP contribution in [0.4, 0.5) is 13.2 Å². The molecule has 1 aliphatic rings. The van der Waals surface area contributed by atoms with E-state index in [1.165, 1.54) is 4.31 Å². The van der Waals surface area contributed by atoms with Crippen molar-refractivity contribution in [2.75, 3.05) is 13.1 Å². The van der Waals surface area contributed by atoms with Gasteiger partial charge >= 0.3 is 6.36 Å². The van der Waals surface area contributed by atoms with Crippen LogP contribution >= 0.6 is 0 Å². The molecule has 118 valence electrons. The van der Waals surface area contributed by atoms with Crippen LogP contribution in [0.5, 0.6) is 5.75 Å². The average Bonchev–Trinajstić information content (AvgIpc) is 2.37. The van der Waals surface area contributed by atoms with Crippen molar-refractivity contribution in [2.24, 2.45) is 5.92 Å². The molecule has 2 rings (SSSR count). The fraction of sp³-hybridized carbons (Fsp3) is 0.538. The predicted molar refractivity (Wildman–Crippen MR) is 70.3 cm³/mol. The highest BCUT2D eigenvalue weighted by Crippen LogP contribution is 2.27. The molecule has 1 saturated heterocycles. The zero-order valence-corrected chi connectivity index (χ0v) is 12.2. The van der Waals surface area contributed by atoms with Crippen molar-refractivity contribution in [1.82, 2.24) is 4.31 Å². The molecule has 21 heavy (non-hydrogen) atoms. The zero-order valence-electron chi connectivity index (χ0n) is 11.4. The van der Waals surface area contributed by atoms with Crippen LogP contribution in [0.1, 0.15) is 19.8 Å². The monoisotopic (exact) mass is 323 g/mol. The van der Waals surface area contributed by atoms with Crippen molar-refractivity contribution < 1.29 is 26.3 Å². The number of halogens is 3. The van der Waals surface area contributed by atoms with Crippen molar-refractivity contribution in [3.05, 3.63) is 24.3 Å². The second kappa shape index (κ2) is 5.84. The highest BCUT2D eigenvalue weighted by atomic mass is 32.2. The molecule has 8 heteroatoms. The summed E-state index contributed by atoms with van der Waals surface area (Å²) in [6, 6.07) is 4.28. The molecular formula is C13H16F3NO3S. The van der Waals surface area contributed by atoms with Crippen LogP contribution in [-0.2, 0) is 10.0 Å². The van der Waals surface area contributed by atoms with Crippen LogP contribution in [0.3, 0.4) is 0 Å². The Balaban J connectivity index is 2.17. The van der Waals surface area contributed by atoms with E-state index in [4.69, 9.17) is 0 Å². The minimum absolute atomic E-state index is 0.0221. The lowest BCUT2D eigenvalue weighted by Gasteiger charge is -2.30. The maximum absolute atomic E-state index is 12.4. The van der Waals surface area contributed by atoms with Gasteiger partial charge in [0.2, 0.25) is 10.0 Å². The number of nitrogens with zero attached hydrogens (tertiary/aromatic N) is 1. The molecule has 0 radical (unpaired) electrons. The first-order chi connectivity index (χ1) is 9.68. The Morgan fingerprint density at radius 2 is 1.86 bits per heavy atom. The normalized spacial score (nSPS) is 21.2. The predicted octanol–water partition coefficient (Wildman–Crippen LogP) is 3.01. The highest BCUT2D eigenvalue weighted by molar-refractivity contribution is 7.89. The molecule has 4 nitrogen and oxygen atoms in total. The van der Waals surface area contributed by atoms with Gasteiger partial charge in [-0.2, -0.15) is 4.31 Å². The summed E-state index contributed by atoms with van der Waals surface area (Å²) >= 11 is 0. The zero-order chi connectivity index (χ0) is 15.7. The molecule has 1 atom stereocenters. The van der Waals surface area contributed by atoms with E-state index in [1.54, 1.807) is 0 Å². The lowest BCUT2D eigenvalue weighted by molar-refractivity contribution is -0.274. The van der Waals surface area contributed by atoms with E-state index in [2.05, 4.69) is 4.74 Å². The third kappa shape index (κ3) is 4.10. The van der Waals surface area contributed by atoms with E-state index in [0.29, 0.717) is 13.1 Å². The average molecular weight is 323 g/mol. The number of hydrogen-bond donors (Lipinski definition) is 0. The lowest BCUT2D eigenvalue weighted by Crippen LogP contribution is -2.39. The molecule has 1 fully saturated rings. The first-order valence-corrected chi connectivity index (χ1v) is 7.98.